The molecule has 0 spiro atoms. The molecule has 98 valence electrons. The summed E-state index contributed by atoms with van der Waals surface area (Å²) in [6.45, 7) is 0.126. The van der Waals surface area contributed by atoms with Crippen LogP contribution >= 0.6 is 0 Å². The van der Waals surface area contributed by atoms with Crippen molar-refractivity contribution in [2.75, 3.05) is 0 Å². The van der Waals surface area contributed by atoms with E-state index in [4.69, 9.17) is 0 Å². The lowest BCUT2D eigenvalue weighted by Gasteiger charge is -2.08. The first-order valence-electron chi connectivity index (χ1n) is 5.65. The van der Waals surface area contributed by atoms with E-state index in [0.29, 0.717) is 5.56 Å². The SMILES string of the molecule is O=C(NCc1ccccc1O)c1cc(O)ccc1O. The van der Waals surface area contributed by atoms with Crippen molar-refractivity contribution in [1.29, 1.82) is 0 Å². The van der Waals surface area contributed by atoms with Crippen molar-refractivity contribution >= 4 is 5.91 Å². The second kappa shape index (κ2) is 5.30. The van der Waals surface area contributed by atoms with Crippen LogP contribution in [-0.2, 0) is 6.54 Å². The monoisotopic (exact) mass is 259 g/mol. The normalized spacial score (nSPS) is 10.1. The number of carbonyl (C=O) groups is 1. The Labute approximate surface area is 109 Å². The lowest BCUT2D eigenvalue weighted by Crippen LogP contribution is -2.22. The quantitative estimate of drug-likeness (QED) is 0.632. The van der Waals surface area contributed by atoms with Crippen molar-refractivity contribution < 1.29 is 20.1 Å². The topological polar surface area (TPSA) is 89.8 Å². The molecule has 0 saturated carbocycles. The minimum atomic E-state index is -0.531. The highest BCUT2D eigenvalue weighted by Crippen LogP contribution is 2.22. The number of benzene rings is 2. The van der Waals surface area contributed by atoms with Gasteiger partial charge in [-0.3, -0.25) is 4.79 Å². The summed E-state index contributed by atoms with van der Waals surface area (Å²) >= 11 is 0. The van der Waals surface area contributed by atoms with E-state index in [1.807, 2.05) is 0 Å². The second-order valence-corrected chi connectivity index (χ2v) is 4.01. The molecule has 0 radical (unpaired) electrons. The average Bonchev–Trinajstić information content (AvgIpc) is 2.40. The van der Waals surface area contributed by atoms with Crippen LogP contribution in [0.1, 0.15) is 15.9 Å². The van der Waals surface area contributed by atoms with E-state index in [1.54, 1.807) is 18.2 Å². The van der Waals surface area contributed by atoms with Crippen LogP contribution in [0.3, 0.4) is 0 Å². The molecule has 2 rings (SSSR count). The standard InChI is InChI=1S/C14H13NO4/c16-10-5-6-13(18)11(7-10)14(19)15-8-9-3-1-2-4-12(9)17/h1-7,16-18H,8H2,(H,15,19). The van der Waals surface area contributed by atoms with Crippen LogP contribution in [-0.4, -0.2) is 21.2 Å². The summed E-state index contributed by atoms with van der Waals surface area (Å²) < 4.78 is 0. The van der Waals surface area contributed by atoms with Gasteiger partial charge in [0.1, 0.15) is 17.2 Å². The van der Waals surface area contributed by atoms with E-state index >= 15 is 0 Å². The van der Waals surface area contributed by atoms with Crippen LogP contribution < -0.4 is 5.32 Å². The third kappa shape index (κ3) is 2.95. The van der Waals surface area contributed by atoms with Gasteiger partial charge < -0.3 is 20.6 Å². The highest BCUT2D eigenvalue weighted by Gasteiger charge is 2.12. The molecule has 0 aromatic heterocycles. The lowest BCUT2D eigenvalue weighted by atomic mass is 10.1. The van der Waals surface area contributed by atoms with Crippen molar-refractivity contribution in [3.8, 4) is 17.2 Å². The number of para-hydroxylation sites is 1. The molecule has 5 nitrogen and oxygen atoms in total. The number of hydrogen-bond donors (Lipinski definition) is 4. The minimum absolute atomic E-state index is 0.0181. The van der Waals surface area contributed by atoms with E-state index in [2.05, 4.69) is 5.32 Å². The number of carbonyl (C=O) groups excluding carboxylic acids is 1. The maximum Gasteiger partial charge on any atom is 0.255 e. The van der Waals surface area contributed by atoms with Crippen LogP contribution in [0, 0.1) is 0 Å². The molecule has 0 unspecified atom stereocenters. The number of amides is 1. The molecular weight excluding hydrogens is 246 g/mol. The van der Waals surface area contributed by atoms with E-state index in [1.165, 1.54) is 24.3 Å². The maximum atomic E-state index is 11.8. The van der Waals surface area contributed by atoms with Crippen LogP contribution in [0.5, 0.6) is 17.2 Å². The van der Waals surface area contributed by atoms with Gasteiger partial charge in [-0.05, 0) is 24.3 Å². The molecular formula is C14H13NO4. The molecule has 5 heteroatoms. The Bertz CT molecular complexity index is 610. The third-order valence-corrected chi connectivity index (χ3v) is 2.66. The molecule has 0 saturated heterocycles. The Morgan fingerprint density at radius 2 is 1.74 bits per heavy atom. The second-order valence-electron chi connectivity index (χ2n) is 4.01. The van der Waals surface area contributed by atoms with Gasteiger partial charge in [-0.1, -0.05) is 18.2 Å². The maximum absolute atomic E-state index is 11.8. The van der Waals surface area contributed by atoms with Gasteiger partial charge in [0.15, 0.2) is 0 Å². The Morgan fingerprint density at radius 3 is 2.47 bits per heavy atom. The predicted octanol–water partition coefficient (Wildman–Crippen LogP) is 1.73. The number of rotatable bonds is 3. The van der Waals surface area contributed by atoms with Gasteiger partial charge in [-0.25, -0.2) is 0 Å². The summed E-state index contributed by atoms with van der Waals surface area (Å²) in [6, 6.07) is 10.3. The Morgan fingerprint density at radius 1 is 1.00 bits per heavy atom. The average molecular weight is 259 g/mol. The van der Waals surface area contributed by atoms with Gasteiger partial charge in [-0.2, -0.15) is 0 Å². The van der Waals surface area contributed by atoms with Crippen molar-refractivity contribution in [1.82, 2.24) is 5.32 Å². The van der Waals surface area contributed by atoms with Gasteiger partial charge in [0.2, 0.25) is 0 Å². The zero-order chi connectivity index (χ0) is 13.8. The van der Waals surface area contributed by atoms with Crippen molar-refractivity contribution in [3.05, 3.63) is 53.6 Å². The molecule has 0 atom stereocenters. The molecule has 0 aliphatic rings. The van der Waals surface area contributed by atoms with E-state index < -0.39 is 5.91 Å². The van der Waals surface area contributed by atoms with E-state index in [0.717, 1.165) is 0 Å². The summed E-state index contributed by atoms with van der Waals surface area (Å²) in [6.07, 6.45) is 0. The fourth-order valence-corrected chi connectivity index (χ4v) is 1.64. The summed E-state index contributed by atoms with van der Waals surface area (Å²) in [4.78, 5) is 11.8. The molecule has 0 aliphatic carbocycles. The van der Waals surface area contributed by atoms with Crippen LogP contribution in [0.15, 0.2) is 42.5 Å². The largest absolute Gasteiger partial charge is 0.508 e. The first-order valence-corrected chi connectivity index (χ1v) is 5.65. The Kier molecular flexibility index (Phi) is 3.56. The summed E-state index contributed by atoms with van der Waals surface area (Å²) in [5, 5.41) is 30.9. The van der Waals surface area contributed by atoms with Gasteiger partial charge in [0.25, 0.3) is 5.91 Å². The molecule has 2 aromatic rings. The molecule has 0 bridgehead atoms. The van der Waals surface area contributed by atoms with Crippen molar-refractivity contribution in [2.45, 2.75) is 6.54 Å². The van der Waals surface area contributed by atoms with Crippen molar-refractivity contribution in [2.24, 2.45) is 0 Å². The van der Waals surface area contributed by atoms with Gasteiger partial charge in [0, 0.05) is 12.1 Å². The van der Waals surface area contributed by atoms with Gasteiger partial charge in [-0.15, -0.1) is 0 Å². The van der Waals surface area contributed by atoms with Crippen LogP contribution in [0.2, 0.25) is 0 Å². The molecule has 4 N–H and O–H groups in total. The lowest BCUT2D eigenvalue weighted by molar-refractivity contribution is 0.0947. The molecule has 0 fully saturated rings. The molecule has 1 amide bonds. The molecule has 0 aliphatic heterocycles. The van der Waals surface area contributed by atoms with Crippen LogP contribution in [0.25, 0.3) is 0 Å². The number of aromatic hydroxyl groups is 3. The zero-order valence-electron chi connectivity index (χ0n) is 10.00. The fourth-order valence-electron chi connectivity index (χ4n) is 1.64. The van der Waals surface area contributed by atoms with Gasteiger partial charge >= 0.3 is 0 Å². The summed E-state index contributed by atoms with van der Waals surface area (Å²) in [7, 11) is 0. The Hall–Kier alpha value is -2.69. The first-order chi connectivity index (χ1) is 9.08. The molecule has 19 heavy (non-hydrogen) atoms. The highest BCUT2D eigenvalue weighted by molar-refractivity contribution is 5.97. The van der Waals surface area contributed by atoms with E-state index in [9.17, 15) is 20.1 Å². The number of hydrogen-bond acceptors (Lipinski definition) is 4. The number of phenols is 3. The van der Waals surface area contributed by atoms with Crippen LogP contribution in [0.4, 0.5) is 0 Å². The van der Waals surface area contributed by atoms with Gasteiger partial charge in [0.05, 0.1) is 5.56 Å². The Balaban J connectivity index is 2.10. The first kappa shape index (κ1) is 12.8. The molecule has 0 heterocycles. The van der Waals surface area contributed by atoms with E-state index in [-0.39, 0.29) is 29.4 Å². The number of phenolic OH excluding ortho intramolecular Hbond substituents is 3. The fraction of sp³-hybridized carbons (Fsp3) is 0.0714. The van der Waals surface area contributed by atoms with Crippen molar-refractivity contribution in [3.63, 3.8) is 0 Å². The minimum Gasteiger partial charge on any atom is -0.508 e. The highest BCUT2D eigenvalue weighted by atomic mass is 16.3. The molecule has 2 aromatic carbocycles. The number of nitrogens with one attached hydrogen (secondary N) is 1. The zero-order valence-corrected chi connectivity index (χ0v) is 10.00. The summed E-state index contributed by atoms with van der Waals surface area (Å²) in [5.74, 6) is -0.766. The summed E-state index contributed by atoms with van der Waals surface area (Å²) in [5.41, 5.74) is 0.547. The predicted molar refractivity (Wildman–Crippen MR) is 69.0 cm³/mol. The third-order valence-electron chi connectivity index (χ3n) is 2.66. The smallest absolute Gasteiger partial charge is 0.255 e.